The van der Waals surface area contributed by atoms with Crippen LogP contribution in [0.4, 0.5) is 10.5 Å². The van der Waals surface area contributed by atoms with Crippen molar-refractivity contribution in [2.24, 2.45) is 0 Å². The van der Waals surface area contributed by atoms with Gasteiger partial charge in [0.05, 0.1) is 12.8 Å². The first-order valence-corrected chi connectivity index (χ1v) is 7.99. The molecule has 4 amide bonds. The van der Waals surface area contributed by atoms with Crippen LogP contribution in [0.2, 0.25) is 0 Å². The van der Waals surface area contributed by atoms with E-state index in [1.807, 2.05) is 18.4 Å². The molecule has 1 saturated heterocycles. The van der Waals surface area contributed by atoms with Crippen LogP contribution in [0.3, 0.4) is 0 Å². The van der Waals surface area contributed by atoms with Gasteiger partial charge < -0.3 is 4.74 Å². The molecule has 1 aromatic heterocycles. The molecule has 0 saturated carbocycles. The van der Waals surface area contributed by atoms with Crippen molar-refractivity contribution in [1.29, 1.82) is 0 Å². The van der Waals surface area contributed by atoms with Crippen molar-refractivity contribution >= 4 is 40.9 Å². The molecule has 1 fully saturated rings. The lowest BCUT2D eigenvalue weighted by Gasteiger charge is -2.26. The van der Waals surface area contributed by atoms with Crippen LogP contribution in [-0.2, 0) is 9.59 Å². The maximum Gasteiger partial charge on any atom is 0.335 e. The Balaban J connectivity index is 2.03. The van der Waals surface area contributed by atoms with Crippen molar-refractivity contribution < 1.29 is 19.1 Å². The third-order valence-corrected chi connectivity index (χ3v) is 4.56. The highest BCUT2D eigenvalue weighted by Gasteiger charge is 2.37. The highest BCUT2D eigenvalue weighted by atomic mass is 32.1. The van der Waals surface area contributed by atoms with Crippen molar-refractivity contribution in [3.63, 3.8) is 0 Å². The minimum atomic E-state index is -0.779. The summed E-state index contributed by atoms with van der Waals surface area (Å²) in [6.45, 7) is 1.89. The van der Waals surface area contributed by atoms with E-state index in [4.69, 9.17) is 4.74 Å². The van der Waals surface area contributed by atoms with E-state index in [9.17, 15) is 14.4 Å². The Morgan fingerprint density at radius 3 is 2.67 bits per heavy atom. The zero-order valence-corrected chi connectivity index (χ0v) is 13.8. The van der Waals surface area contributed by atoms with Crippen molar-refractivity contribution in [3.8, 4) is 5.75 Å². The number of thiophene rings is 1. The number of nitrogens with zero attached hydrogens (tertiary/aromatic N) is 1. The van der Waals surface area contributed by atoms with E-state index in [1.165, 1.54) is 24.5 Å². The van der Waals surface area contributed by atoms with Crippen molar-refractivity contribution in [2.45, 2.75) is 6.92 Å². The van der Waals surface area contributed by atoms with Crippen LogP contribution in [0, 0.1) is 6.92 Å². The van der Waals surface area contributed by atoms with Gasteiger partial charge in [0.25, 0.3) is 11.8 Å². The molecule has 0 aliphatic carbocycles. The maximum absolute atomic E-state index is 12.7. The number of ether oxygens (including phenoxy) is 1. The fraction of sp³-hybridized carbons (Fsp3) is 0.118. The average Bonchev–Trinajstić information content (AvgIpc) is 2.96. The van der Waals surface area contributed by atoms with E-state index >= 15 is 0 Å². The molecule has 0 unspecified atom stereocenters. The number of anilines is 1. The molecule has 2 aromatic rings. The first kappa shape index (κ1) is 15.9. The number of benzene rings is 1. The number of imide groups is 2. The summed E-state index contributed by atoms with van der Waals surface area (Å²) in [4.78, 5) is 38.7. The van der Waals surface area contributed by atoms with Crippen LogP contribution in [0.25, 0.3) is 6.08 Å². The first-order chi connectivity index (χ1) is 11.5. The van der Waals surface area contributed by atoms with Gasteiger partial charge in [0, 0.05) is 10.9 Å². The molecule has 122 valence electrons. The first-order valence-electron chi connectivity index (χ1n) is 7.11. The summed E-state index contributed by atoms with van der Waals surface area (Å²) in [5, 5.41) is 4.07. The second-order valence-corrected chi connectivity index (χ2v) is 6.07. The van der Waals surface area contributed by atoms with E-state index in [-0.39, 0.29) is 5.57 Å². The number of amides is 4. The summed E-state index contributed by atoms with van der Waals surface area (Å²) < 4.78 is 5.12. The molecular weight excluding hydrogens is 328 g/mol. The summed E-state index contributed by atoms with van der Waals surface area (Å²) in [5.74, 6) is -0.855. The van der Waals surface area contributed by atoms with Gasteiger partial charge in [-0.3, -0.25) is 14.9 Å². The number of nitrogens with one attached hydrogen (secondary N) is 1. The third kappa shape index (κ3) is 2.81. The monoisotopic (exact) mass is 342 g/mol. The van der Waals surface area contributed by atoms with Crippen LogP contribution in [-0.4, -0.2) is 25.0 Å². The highest BCUT2D eigenvalue weighted by molar-refractivity contribution is 7.11. The van der Waals surface area contributed by atoms with Gasteiger partial charge in [-0.05, 0) is 42.1 Å². The van der Waals surface area contributed by atoms with Gasteiger partial charge in [0.1, 0.15) is 11.3 Å². The molecule has 0 spiro atoms. The molecular formula is C17H14N2O4S. The van der Waals surface area contributed by atoms with Crippen LogP contribution < -0.4 is 15.0 Å². The number of urea groups is 1. The van der Waals surface area contributed by atoms with E-state index in [0.717, 1.165) is 15.3 Å². The lowest BCUT2D eigenvalue weighted by molar-refractivity contribution is -0.122. The summed E-state index contributed by atoms with van der Waals surface area (Å²) in [5.41, 5.74) is 1.21. The lowest BCUT2D eigenvalue weighted by atomic mass is 10.1. The Bertz CT molecular complexity index is 869. The molecule has 0 atom stereocenters. The highest BCUT2D eigenvalue weighted by Crippen LogP contribution is 2.26. The molecule has 24 heavy (non-hydrogen) atoms. The standard InChI is InChI=1S/C17H14N2O4S/c1-10-6-7-24-14(10)9-13-15(20)18-17(22)19(16(13)21)11-4-3-5-12(8-11)23-2/h3-9H,1-2H3,(H,18,20,22)/b13-9-. The molecule has 0 bridgehead atoms. The van der Waals surface area contributed by atoms with Crippen molar-refractivity contribution in [1.82, 2.24) is 5.32 Å². The smallest absolute Gasteiger partial charge is 0.335 e. The minimum Gasteiger partial charge on any atom is -0.497 e. The maximum atomic E-state index is 12.7. The van der Waals surface area contributed by atoms with Crippen LogP contribution >= 0.6 is 11.3 Å². The number of carbonyl (C=O) groups excluding carboxylic acids is 3. The Hall–Kier alpha value is -2.93. The Labute approximate surface area is 142 Å². The lowest BCUT2D eigenvalue weighted by Crippen LogP contribution is -2.54. The van der Waals surface area contributed by atoms with Crippen molar-refractivity contribution in [2.75, 3.05) is 12.0 Å². The zero-order valence-electron chi connectivity index (χ0n) is 13.0. The van der Waals surface area contributed by atoms with Gasteiger partial charge in [0.15, 0.2) is 0 Å². The molecule has 1 N–H and O–H groups in total. The fourth-order valence-corrected chi connectivity index (χ4v) is 3.16. The Morgan fingerprint density at radius 2 is 2.00 bits per heavy atom. The number of carbonyl (C=O) groups is 3. The van der Waals surface area contributed by atoms with Gasteiger partial charge in [-0.2, -0.15) is 0 Å². The molecule has 1 aliphatic heterocycles. The molecule has 0 radical (unpaired) electrons. The number of rotatable bonds is 3. The fourth-order valence-electron chi connectivity index (χ4n) is 2.30. The summed E-state index contributed by atoms with van der Waals surface area (Å²) >= 11 is 1.42. The normalized spacial score (nSPS) is 16.5. The van der Waals surface area contributed by atoms with Gasteiger partial charge >= 0.3 is 6.03 Å². The van der Waals surface area contributed by atoms with Gasteiger partial charge in [-0.25, -0.2) is 9.69 Å². The van der Waals surface area contributed by atoms with E-state index in [1.54, 1.807) is 24.3 Å². The molecule has 7 heteroatoms. The van der Waals surface area contributed by atoms with Gasteiger partial charge in [0.2, 0.25) is 0 Å². The number of aryl methyl sites for hydroxylation is 1. The quantitative estimate of drug-likeness (QED) is 0.687. The third-order valence-electron chi connectivity index (χ3n) is 3.59. The summed E-state index contributed by atoms with van der Waals surface area (Å²) in [6, 6.07) is 7.64. The molecule has 6 nitrogen and oxygen atoms in total. The summed E-state index contributed by atoms with van der Waals surface area (Å²) in [6.07, 6.45) is 1.51. The molecule has 1 aliphatic rings. The second-order valence-electron chi connectivity index (χ2n) is 5.13. The van der Waals surface area contributed by atoms with E-state index in [2.05, 4.69) is 5.32 Å². The van der Waals surface area contributed by atoms with E-state index < -0.39 is 17.8 Å². The number of hydrogen-bond donors (Lipinski definition) is 1. The molecule has 1 aromatic carbocycles. The molecule has 2 heterocycles. The summed E-state index contributed by atoms with van der Waals surface area (Å²) in [7, 11) is 1.49. The second kappa shape index (κ2) is 6.29. The average molecular weight is 342 g/mol. The number of hydrogen-bond acceptors (Lipinski definition) is 5. The SMILES string of the molecule is COc1cccc(N2C(=O)NC(=O)/C(=C/c3sccc3C)C2=O)c1. The Kier molecular flexibility index (Phi) is 4.18. The van der Waals surface area contributed by atoms with Crippen molar-refractivity contribution in [3.05, 3.63) is 51.7 Å². The van der Waals surface area contributed by atoms with Gasteiger partial charge in [-0.15, -0.1) is 11.3 Å². The van der Waals surface area contributed by atoms with Crippen LogP contribution in [0.5, 0.6) is 5.75 Å². The largest absolute Gasteiger partial charge is 0.497 e. The van der Waals surface area contributed by atoms with Gasteiger partial charge in [-0.1, -0.05) is 6.07 Å². The van der Waals surface area contributed by atoms with Crippen LogP contribution in [0.1, 0.15) is 10.4 Å². The predicted octanol–water partition coefficient (Wildman–Crippen LogP) is 2.73. The predicted molar refractivity (Wildman–Crippen MR) is 91.1 cm³/mol. The number of barbiturate groups is 1. The molecule has 3 rings (SSSR count). The van der Waals surface area contributed by atoms with Crippen LogP contribution in [0.15, 0.2) is 41.3 Å². The topological polar surface area (TPSA) is 75.7 Å². The Morgan fingerprint density at radius 1 is 1.21 bits per heavy atom. The number of methoxy groups -OCH3 is 1. The van der Waals surface area contributed by atoms with E-state index in [0.29, 0.717) is 11.4 Å². The zero-order chi connectivity index (χ0) is 17.3. The minimum absolute atomic E-state index is 0.0806.